The topological polar surface area (TPSA) is 65.0 Å². The number of hydrogen-bond acceptors (Lipinski definition) is 5. The van der Waals surface area contributed by atoms with Gasteiger partial charge in [-0.2, -0.15) is 0 Å². The summed E-state index contributed by atoms with van der Waals surface area (Å²) in [5.41, 5.74) is 4.06. The van der Waals surface area contributed by atoms with Crippen LogP contribution in [-0.2, 0) is 9.84 Å². The first-order valence-corrected chi connectivity index (χ1v) is 12.8. The molecule has 0 radical (unpaired) electrons. The molecule has 0 amide bonds. The number of aliphatic imine (C=N–C) groups is 1. The molecule has 1 saturated carbocycles. The number of sulfone groups is 1. The first-order chi connectivity index (χ1) is 16.0. The fourth-order valence-corrected chi connectivity index (χ4v) is 6.31. The lowest BCUT2D eigenvalue weighted by atomic mass is 9.75. The summed E-state index contributed by atoms with van der Waals surface area (Å²) < 4.78 is 37.2. The highest BCUT2D eigenvalue weighted by molar-refractivity contribution is 7.91. The summed E-state index contributed by atoms with van der Waals surface area (Å²) in [5.74, 6) is 1.77. The van der Waals surface area contributed by atoms with Crippen LogP contribution in [0.25, 0.3) is 0 Å². The molecule has 5 nitrogen and oxygen atoms in total. The van der Waals surface area contributed by atoms with Gasteiger partial charge in [0.1, 0.15) is 0 Å². The number of fused-ring (bicyclic) bond motifs is 3. The lowest BCUT2D eigenvalue weighted by molar-refractivity contribution is 0.349. The van der Waals surface area contributed by atoms with Gasteiger partial charge in [0, 0.05) is 17.0 Å². The molecule has 2 atom stereocenters. The first-order valence-electron chi connectivity index (χ1n) is 11.3. The molecule has 170 valence electrons. The van der Waals surface area contributed by atoms with Crippen LogP contribution < -0.4 is 9.47 Å². The molecular weight excluding hydrogens is 434 g/mol. The average molecular weight is 462 g/mol. The third kappa shape index (κ3) is 3.82. The Balaban J connectivity index is 1.59. The van der Waals surface area contributed by atoms with E-state index in [1.165, 1.54) is 18.4 Å². The molecule has 0 saturated heterocycles. The van der Waals surface area contributed by atoms with Gasteiger partial charge in [0.15, 0.2) is 11.5 Å². The van der Waals surface area contributed by atoms with Crippen molar-refractivity contribution in [1.82, 2.24) is 0 Å². The number of rotatable bonds is 5. The molecule has 33 heavy (non-hydrogen) atoms. The first kappa shape index (κ1) is 21.7. The lowest BCUT2D eigenvalue weighted by Gasteiger charge is -2.35. The van der Waals surface area contributed by atoms with E-state index in [0.717, 1.165) is 35.4 Å². The molecule has 6 heteroatoms. The summed E-state index contributed by atoms with van der Waals surface area (Å²) in [6.45, 7) is 0. The van der Waals surface area contributed by atoms with Crippen molar-refractivity contribution < 1.29 is 17.9 Å². The van der Waals surface area contributed by atoms with Gasteiger partial charge in [-0.05, 0) is 54.8 Å². The van der Waals surface area contributed by atoms with E-state index in [4.69, 9.17) is 14.5 Å². The van der Waals surface area contributed by atoms with Crippen LogP contribution in [0.3, 0.4) is 0 Å². The van der Waals surface area contributed by atoms with Crippen LogP contribution in [0.2, 0.25) is 0 Å². The van der Waals surface area contributed by atoms with Gasteiger partial charge in [0.05, 0.1) is 35.8 Å². The van der Waals surface area contributed by atoms with Crippen molar-refractivity contribution in [3.8, 4) is 11.5 Å². The predicted octanol–water partition coefficient (Wildman–Crippen LogP) is 5.41. The zero-order valence-corrected chi connectivity index (χ0v) is 19.6. The van der Waals surface area contributed by atoms with E-state index in [1.807, 2.05) is 24.3 Å². The molecule has 0 spiro atoms. The Kier molecular flexibility index (Phi) is 5.71. The number of ether oxygens (including phenoxy) is 2. The summed E-state index contributed by atoms with van der Waals surface area (Å²) in [6.07, 6.45) is 4.54. The third-order valence-corrected chi connectivity index (χ3v) is 8.51. The molecule has 3 aromatic carbocycles. The maximum absolute atomic E-state index is 13.0. The molecule has 1 aliphatic heterocycles. The summed E-state index contributed by atoms with van der Waals surface area (Å²) in [5, 5.41) is 0. The molecule has 2 aliphatic rings. The molecule has 1 aliphatic carbocycles. The Morgan fingerprint density at radius 2 is 1.45 bits per heavy atom. The van der Waals surface area contributed by atoms with Crippen LogP contribution in [0.5, 0.6) is 11.5 Å². The van der Waals surface area contributed by atoms with Crippen molar-refractivity contribution in [2.24, 2.45) is 4.99 Å². The van der Waals surface area contributed by atoms with Crippen molar-refractivity contribution >= 4 is 15.5 Å². The highest BCUT2D eigenvalue weighted by atomic mass is 32.2. The monoisotopic (exact) mass is 461 g/mol. The highest BCUT2D eigenvalue weighted by Gasteiger charge is 2.34. The van der Waals surface area contributed by atoms with Gasteiger partial charge < -0.3 is 9.47 Å². The minimum absolute atomic E-state index is 0.229. The Labute approximate surface area is 195 Å². The zero-order valence-electron chi connectivity index (χ0n) is 18.8. The SMILES string of the molecule is COc1cc2c(cc1OC)[C@@H]1CCCC[C@@H]1N=C2c1ccc(S(=O)(=O)c2ccccc2)cc1. The summed E-state index contributed by atoms with van der Waals surface area (Å²) in [7, 11) is -0.268. The molecule has 0 bridgehead atoms. The van der Waals surface area contributed by atoms with E-state index >= 15 is 0 Å². The second kappa shape index (κ2) is 8.67. The van der Waals surface area contributed by atoms with Crippen molar-refractivity contribution in [2.45, 2.75) is 47.4 Å². The maximum atomic E-state index is 13.0. The molecule has 3 aromatic rings. The van der Waals surface area contributed by atoms with E-state index in [0.29, 0.717) is 16.6 Å². The number of benzene rings is 3. The molecule has 0 aromatic heterocycles. The fraction of sp³-hybridized carbons (Fsp3) is 0.296. The summed E-state index contributed by atoms with van der Waals surface area (Å²) in [6, 6.07) is 19.9. The highest BCUT2D eigenvalue weighted by Crippen LogP contribution is 2.44. The third-order valence-electron chi connectivity index (χ3n) is 6.73. The Morgan fingerprint density at radius 3 is 2.15 bits per heavy atom. The van der Waals surface area contributed by atoms with Crippen molar-refractivity contribution in [3.05, 3.63) is 83.4 Å². The maximum Gasteiger partial charge on any atom is 0.206 e. The molecule has 1 heterocycles. The van der Waals surface area contributed by atoms with E-state index < -0.39 is 9.84 Å². The van der Waals surface area contributed by atoms with Crippen LogP contribution in [0.4, 0.5) is 0 Å². The van der Waals surface area contributed by atoms with Gasteiger partial charge in [-0.3, -0.25) is 4.99 Å². The van der Waals surface area contributed by atoms with Crippen molar-refractivity contribution in [2.75, 3.05) is 14.2 Å². The second-order valence-electron chi connectivity index (χ2n) is 8.57. The van der Waals surface area contributed by atoms with Crippen LogP contribution in [0.15, 0.2) is 81.5 Å². The van der Waals surface area contributed by atoms with Crippen molar-refractivity contribution in [3.63, 3.8) is 0 Å². The Hall–Kier alpha value is -3.12. The Morgan fingerprint density at radius 1 is 0.818 bits per heavy atom. The smallest absolute Gasteiger partial charge is 0.206 e. The molecule has 0 N–H and O–H groups in total. The van der Waals surface area contributed by atoms with Gasteiger partial charge in [-0.25, -0.2) is 8.42 Å². The van der Waals surface area contributed by atoms with Crippen LogP contribution in [0.1, 0.15) is 48.3 Å². The van der Waals surface area contributed by atoms with Gasteiger partial charge in [-0.15, -0.1) is 0 Å². The summed E-state index contributed by atoms with van der Waals surface area (Å²) in [4.78, 5) is 5.73. The largest absolute Gasteiger partial charge is 0.493 e. The lowest BCUT2D eigenvalue weighted by Crippen LogP contribution is -2.29. The van der Waals surface area contributed by atoms with Gasteiger partial charge in [0.2, 0.25) is 9.84 Å². The van der Waals surface area contributed by atoms with Crippen molar-refractivity contribution in [1.29, 1.82) is 0 Å². The number of methoxy groups -OCH3 is 2. The minimum Gasteiger partial charge on any atom is -0.493 e. The van der Waals surface area contributed by atoms with E-state index in [2.05, 4.69) is 6.07 Å². The molecular formula is C27H27NO4S. The van der Waals surface area contributed by atoms with E-state index in [1.54, 1.807) is 50.6 Å². The van der Waals surface area contributed by atoms with E-state index in [9.17, 15) is 8.42 Å². The molecule has 1 fully saturated rings. The molecule has 0 unspecified atom stereocenters. The van der Waals surface area contributed by atoms with Crippen LogP contribution in [-0.4, -0.2) is 34.4 Å². The van der Waals surface area contributed by atoms with Gasteiger partial charge in [0.25, 0.3) is 0 Å². The van der Waals surface area contributed by atoms with Gasteiger partial charge in [-0.1, -0.05) is 43.2 Å². The second-order valence-corrected chi connectivity index (χ2v) is 10.5. The van der Waals surface area contributed by atoms with Crippen LogP contribution >= 0.6 is 0 Å². The Bertz CT molecular complexity index is 1300. The standard InChI is InChI=1S/C27H27NO4S/c1-31-25-16-22-21-10-6-7-11-24(21)28-27(23(22)17-26(25)32-2)18-12-14-20(15-13-18)33(29,30)19-8-4-3-5-9-19/h3-5,8-9,12-17,21,24H,6-7,10-11H2,1-2H3/t21-,24-/m0/s1. The molecule has 5 rings (SSSR count). The van der Waals surface area contributed by atoms with Crippen LogP contribution in [0, 0.1) is 0 Å². The predicted molar refractivity (Wildman–Crippen MR) is 129 cm³/mol. The average Bonchev–Trinajstić information content (AvgIpc) is 2.88. The number of nitrogens with zero attached hydrogens (tertiary/aromatic N) is 1. The summed E-state index contributed by atoms with van der Waals surface area (Å²) >= 11 is 0. The van der Waals surface area contributed by atoms with Gasteiger partial charge >= 0.3 is 0 Å². The quantitative estimate of drug-likeness (QED) is 0.509. The zero-order chi connectivity index (χ0) is 23.0. The number of hydrogen-bond donors (Lipinski definition) is 0. The normalized spacial score (nSPS) is 19.8. The van der Waals surface area contributed by atoms with E-state index in [-0.39, 0.29) is 10.9 Å². The fourth-order valence-electron chi connectivity index (χ4n) is 5.03. The minimum atomic E-state index is -3.56.